The molecule has 2 nitrogen and oxygen atoms in total. The molecule has 0 aromatic heterocycles. The van der Waals surface area contributed by atoms with E-state index < -0.39 is 0 Å². The van der Waals surface area contributed by atoms with Gasteiger partial charge in [0.2, 0.25) is 5.91 Å². The van der Waals surface area contributed by atoms with Crippen LogP contribution in [0.3, 0.4) is 0 Å². The van der Waals surface area contributed by atoms with Crippen molar-refractivity contribution in [1.29, 1.82) is 0 Å². The van der Waals surface area contributed by atoms with E-state index in [2.05, 4.69) is 31.2 Å². The van der Waals surface area contributed by atoms with Crippen LogP contribution in [0.1, 0.15) is 12.5 Å². The second-order valence-corrected chi connectivity index (χ2v) is 4.32. The summed E-state index contributed by atoms with van der Waals surface area (Å²) in [5.74, 6) is 0.808. The molecule has 1 aromatic carbocycles. The third-order valence-corrected chi connectivity index (χ3v) is 3.11. The highest BCUT2D eigenvalue weighted by molar-refractivity contribution is 7.99. The van der Waals surface area contributed by atoms with Crippen LogP contribution >= 0.6 is 11.8 Å². The second-order valence-electron chi connectivity index (χ2n) is 3.30. The standard InChI is InChI=1S/C11H15NOS/c1-9-4-6-11(7-5-9)14-8-12(3)10(2)13/h4-7H,8H2,1-3H3. The largest absolute Gasteiger partial charge is 0.336 e. The molecule has 0 saturated heterocycles. The highest BCUT2D eigenvalue weighted by Crippen LogP contribution is 2.18. The van der Waals surface area contributed by atoms with Gasteiger partial charge in [0.25, 0.3) is 0 Å². The first-order valence-corrected chi connectivity index (χ1v) is 5.49. The summed E-state index contributed by atoms with van der Waals surface area (Å²) in [4.78, 5) is 13.8. The summed E-state index contributed by atoms with van der Waals surface area (Å²) >= 11 is 1.67. The Morgan fingerprint density at radius 3 is 2.43 bits per heavy atom. The lowest BCUT2D eigenvalue weighted by atomic mass is 10.2. The minimum absolute atomic E-state index is 0.101. The molecule has 1 amide bonds. The van der Waals surface area contributed by atoms with E-state index in [1.807, 2.05) is 7.05 Å². The fourth-order valence-electron chi connectivity index (χ4n) is 0.897. The normalized spacial score (nSPS) is 9.93. The van der Waals surface area contributed by atoms with Crippen LogP contribution < -0.4 is 0 Å². The van der Waals surface area contributed by atoms with Gasteiger partial charge in [0.1, 0.15) is 0 Å². The van der Waals surface area contributed by atoms with Crippen LogP contribution in [0.2, 0.25) is 0 Å². The number of amides is 1. The van der Waals surface area contributed by atoms with E-state index in [0.717, 1.165) is 0 Å². The lowest BCUT2D eigenvalue weighted by Gasteiger charge is -2.13. The van der Waals surface area contributed by atoms with Gasteiger partial charge in [-0.3, -0.25) is 4.79 Å². The molecule has 0 saturated carbocycles. The van der Waals surface area contributed by atoms with Gasteiger partial charge in [0, 0.05) is 18.9 Å². The molecule has 14 heavy (non-hydrogen) atoms. The number of rotatable bonds is 3. The Balaban J connectivity index is 2.46. The summed E-state index contributed by atoms with van der Waals surface area (Å²) in [5.41, 5.74) is 1.26. The van der Waals surface area contributed by atoms with Gasteiger partial charge in [-0.15, -0.1) is 11.8 Å². The zero-order valence-electron chi connectivity index (χ0n) is 8.78. The van der Waals surface area contributed by atoms with E-state index in [9.17, 15) is 4.79 Å². The Morgan fingerprint density at radius 2 is 1.93 bits per heavy atom. The Labute approximate surface area is 89.3 Å². The second kappa shape index (κ2) is 5.05. The van der Waals surface area contributed by atoms with E-state index in [-0.39, 0.29) is 5.91 Å². The van der Waals surface area contributed by atoms with Gasteiger partial charge in [-0.05, 0) is 19.1 Å². The maximum Gasteiger partial charge on any atom is 0.219 e. The third-order valence-electron chi connectivity index (χ3n) is 1.98. The van der Waals surface area contributed by atoms with Crippen molar-refractivity contribution in [1.82, 2.24) is 4.90 Å². The molecule has 76 valence electrons. The molecule has 0 N–H and O–H groups in total. The molecule has 1 aromatic rings. The van der Waals surface area contributed by atoms with Gasteiger partial charge in [-0.25, -0.2) is 0 Å². The van der Waals surface area contributed by atoms with Crippen molar-refractivity contribution >= 4 is 17.7 Å². The van der Waals surface area contributed by atoms with Crippen LogP contribution in [0.15, 0.2) is 29.2 Å². The molecule has 0 aliphatic heterocycles. The molecule has 0 aliphatic carbocycles. The summed E-state index contributed by atoms with van der Waals surface area (Å²) in [7, 11) is 1.81. The van der Waals surface area contributed by atoms with Gasteiger partial charge < -0.3 is 4.90 Å². The summed E-state index contributed by atoms with van der Waals surface area (Å²) in [6.45, 7) is 3.64. The van der Waals surface area contributed by atoms with Crippen LogP contribution in [0.25, 0.3) is 0 Å². The van der Waals surface area contributed by atoms with Crippen molar-refractivity contribution < 1.29 is 4.79 Å². The summed E-state index contributed by atoms with van der Waals surface area (Å²) in [6.07, 6.45) is 0. The van der Waals surface area contributed by atoms with Crippen molar-refractivity contribution in [2.45, 2.75) is 18.7 Å². The Bertz CT molecular complexity index is 308. The van der Waals surface area contributed by atoms with Gasteiger partial charge in [-0.2, -0.15) is 0 Å². The molecule has 0 atom stereocenters. The molecule has 0 heterocycles. The van der Waals surface area contributed by atoms with Crippen molar-refractivity contribution in [3.63, 3.8) is 0 Å². The first-order chi connectivity index (χ1) is 6.59. The van der Waals surface area contributed by atoms with Crippen LogP contribution in [0, 0.1) is 6.92 Å². The fourth-order valence-corrected chi connectivity index (χ4v) is 1.75. The van der Waals surface area contributed by atoms with E-state index >= 15 is 0 Å². The molecular formula is C11H15NOS. The van der Waals surface area contributed by atoms with E-state index in [1.165, 1.54) is 10.5 Å². The van der Waals surface area contributed by atoms with Crippen molar-refractivity contribution in [2.75, 3.05) is 12.9 Å². The van der Waals surface area contributed by atoms with Crippen LogP contribution in [0.5, 0.6) is 0 Å². The Morgan fingerprint density at radius 1 is 1.36 bits per heavy atom. The predicted octanol–water partition coefficient (Wildman–Crippen LogP) is 2.52. The van der Waals surface area contributed by atoms with E-state index in [0.29, 0.717) is 5.88 Å². The zero-order chi connectivity index (χ0) is 10.6. The number of hydrogen-bond acceptors (Lipinski definition) is 2. The zero-order valence-corrected chi connectivity index (χ0v) is 9.60. The molecule has 0 fully saturated rings. The quantitative estimate of drug-likeness (QED) is 0.563. The summed E-state index contributed by atoms with van der Waals surface area (Å²) in [6, 6.07) is 8.31. The van der Waals surface area contributed by atoms with Gasteiger partial charge >= 0.3 is 0 Å². The molecule has 0 bridgehead atoms. The van der Waals surface area contributed by atoms with Gasteiger partial charge in [0.15, 0.2) is 0 Å². The lowest BCUT2D eigenvalue weighted by Crippen LogP contribution is -2.22. The summed E-state index contributed by atoms with van der Waals surface area (Å²) < 4.78 is 0. The first-order valence-electron chi connectivity index (χ1n) is 4.51. The van der Waals surface area contributed by atoms with Gasteiger partial charge in [0.05, 0.1) is 5.88 Å². The van der Waals surface area contributed by atoms with Crippen LogP contribution in [-0.2, 0) is 4.79 Å². The van der Waals surface area contributed by atoms with Crippen molar-refractivity contribution in [2.24, 2.45) is 0 Å². The maximum atomic E-state index is 10.9. The van der Waals surface area contributed by atoms with Crippen molar-refractivity contribution in [3.05, 3.63) is 29.8 Å². The molecule has 0 unspecified atom stereocenters. The molecule has 0 radical (unpaired) electrons. The van der Waals surface area contributed by atoms with Gasteiger partial charge in [-0.1, -0.05) is 17.7 Å². The summed E-state index contributed by atoms with van der Waals surface area (Å²) in [5, 5.41) is 0. The topological polar surface area (TPSA) is 20.3 Å². The maximum absolute atomic E-state index is 10.9. The first kappa shape index (κ1) is 11.1. The minimum atomic E-state index is 0.101. The number of nitrogens with zero attached hydrogens (tertiary/aromatic N) is 1. The highest BCUT2D eigenvalue weighted by Gasteiger charge is 2.01. The highest BCUT2D eigenvalue weighted by atomic mass is 32.2. The molecule has 1 rings (SSSR count). The van der Waals surface area contributed by atoms with Crippen molar-refractivity contribution in [3.8, 4) is 0 Å². The number of carbonyl (C=O) groups is 1. The van der Waals surface area contributed by atoms with Crippen LogP contribution in [0.4, 0.5) is 0 Å². The smallest absolute Gasteiger partial charge is 0.219 e. The monoisotopic (exact) mass is 209 g/mol. The molecule has 3 heteroatoms. The third kappa shape index (κ3) is 3.42. The molecular weight excluding hydrogens is 194 g/mol. The average Bonchev–Trinajstić information content (AvgIpc) is 2.16. The number of aryl methyl sites for hydroxylation is 1. The lowest BCUT2D eigenvalue weighted by molar-refractivity contribution is -0.126. The Kier molecular flexibility index (Phi) is 4.01. The van der Waals surface area contributed by atoms with E-state index in [4.69, 9.17) is 0 Å². The number of carbonyl (C=O) groups excluding carboxylic acids is 1. The molecule has 0 spiro atoms. The van der Waals surface area contributed by atoms with Crippen LogP contribution in [-0.4, -0.2) is 23.7 Å². The minimum Gasteiger partial charge on any atom is -0.336 e. The number of benzene rings is 1. The Hall–Kier alpha value is -0.960. The number of hydrogen-bond donors (Lipinski definition) is 0. The fraction of sp³-hybridized carbons (Fsp3) is 0.364. The average molecular weight is 209 g/mol. The molecule has 0 aliphatic rings. The van der Waals surface area contributed by atoms with E-state index in [1.54, 1.807) is 23.6 Å². The number of thioether (sulfide) groups is 1. The predicted molar refractivity (Wildman–Crippen MR) is 60.3 cm³/mol. The SMILES string of the molecule is CC(=O)N(C)CSc1ccc(C)cc1.